The Labute approximate surface area is 406 Å². The van der Waals surface area contributed by atoms with Gasteiger partial charge in [-0.1, -0.05) is 297 Å². The third-order valence-corrected chi connectivity index (χ3v) is 13.9. The summed E-state index contributed by atoms with van der Waals surface area (Å²) in [7, 11) is 0. The number of rotatable bonds is 54. The molecular weight excluding hydrogens is 805 g/mol. The lowest BCUT2D eigenvalue weighted by molar-refractivity contribution is -0.167. The molecule has 0 fully saturated rings. The van der Waals surface area contributed by atoms with Crippen molar-refractivity contribution in [3.8, 4) is 0 Å². The minimum atomic E-state index is -0.761. The molecule has 386 valence electrons. The molecule has 65 heavy (non-hydrogen) atoms. The summed E-state index contributed by atoms with van der Waals surface area (Å²) in [5.74, 6) is 0.0712. The van der Waals surface area contributed by atoms with E-state index in [9.17, 15) is 14.4 Å². The Kier molecular flexibility index (Phi) is 52.1. The molecule has 0 bridgehead atoms. The first-order valence-corrected chi connectivity index (χ1v) is 29.4. The molecule has 0 aliphatic carbocycles. The summed E-state index contributed by atoms with van der Waals surface area (Å²) in [6.07, 6.45) is 58.1. The summed E-state index contributed by atoms with van der Waals surface area (Å²) in [5, 5.41) is 0. The van der Waals surface area contributed by atoms with Gasteiger partial charge in [0, 0.05) is 19.3 Å². The van der Waals surface area contributed by atoms with E-state index in [2.05, 4.69) is 27.7 Å². The monoisotopic (exact) mass is 919 g/mol. The van der Waals surface area contributed by atoms with E-state index in [0.717, 1.165) is 63.7 Å². The van der Waals surface area contributed by atoms with Crippen LogP contribution in [0, 0.1) is 5.92 Å². The molecule has 0 radical (unpaired) electrons. The molecule has 0 aromatic heterocycles. The van der Waals surface area contributed by atoms with Crippen molar-refractivity contribution < 1.29 is 28.6 Å². The number of hydrogen-bond donors (Lipinski definition) is 0. The molecule has 0 aliphatic rings. The highest BCUT2D eigenvalue weighted by Crippen LogP contribution is 2.18. The first-order valence-electron chi connectivity index (χ1n) is 29.4. The van der Waals surface area contributed by atoms with Gasteiger partial charge in [0.1, 0.15) is 13.2 Å². The van der Waals surface area contributed by atoms with E-state index < -0.39 is 6.10 Å². The molecule has 0 heterocycles. The van der Waals surface area contributed by atoms with Crippen LogP contribution < -0.4 is 0 Å². The van der Waals surface area contributed by atoms with Gasteiger partial charge in [0.25, 0.3) is 0 Å². The van der Waals surface area contributed by atoms with Crippen LogP contribution in [0.1, 0.15) is 336 Å². The second-order valence-electron chi connectivity index (χ2n) is 20.5. The molecule has 0 saturated carbocycles. The first kappa shape index (κ1) is 63.4. The minimum Gasteiger partial charge on any atom is -0.462 e. The Morgan fingerprint density at radius 2 is 0.538 bits per heavy atom. The predicted octanol–water partition coefficient (Wildman–Crippen LogP) is 19.4. The van der Waals surface area contributed by atoms with E-state index in [4.69, 9.17) is 14.2 Å². The fraction of sp³-hybridized carbons (Fsp3) is 0.949. The van der Waals surface area contributed by atoms with Gasteiger partial charge in [-0.15, -0.1) is 0 Å². The van der Waals surface area contributed by atoms with Gasteiger partial charge in [-0.05, 0) is 25.2 Å². The molecule has 1 unspecified atom stereocenters. The normalized spacial score (nSPS) is 12.4. The SMILES string of the molecule is CCCCCCCCCCCCCCCCCCC(=O)OC[C@H](COC(=O)CCCCCCCCCCC)OC(=O)CCCCCCCCCCCCCCCCCCCCC(C)CC. The standard InChI is InChI=1S/C59H114O6/c1-5-8-10-12-14-16-17-18-19-25-28-31-35-39-43-47-51-58(61)64-54-56(53-63-57(60)50-46-42-38-33-15-13-11-9-6-2)65-59(62)52-48-44-40-36-32-29-26-23-21-20-22-24-27-30-34-37-41-45-49-55(4)7-3/h55-56H,5-54H2,1-4H3/t55?,56-/m0/s1. The fourth-order valence-corrected chi connectivity index (χ4v) is 9.07. The third-order valence-electron chi connectivity index (χ3n) is 13.9. The summed E-state index contributed by atoms with van der Waals surface area (Å²) in [6.45, 7) is 9.09. The van der Waals surface area contributed by atoms with Crippen LogP contribution in [0.25, 0.3) is 0 Å². The molecule has 6 nitrogen and oxygen atoms in total. The second kappa shape index (κ2) is 53.4. The molecule has 0 aliphatic heterocycles. The zero-order valence-corrected chi connectivity index (χ0v) is 44.5. The van der Waals surface area contributed by atoms with E-state index in [0.29, 0.717) is 19.3 Å². The van der Waals surface area contributed by atoms with Crippen molar-refractivity contribution in [2.75, 3.05) is 13.2 Å². The number of hydrogen-bond acceptors (Lipinski definition) is 6. The van der Waals surface area contributed by atoms with Gasteiger partial charge in [0.15, 0.2) is 6.10 Å². The van der Waals surface area contributed by atoms with E-state index in [-0.39, 0.29) is 31.1 Å². The zero-order chi connectivity index (χ0) is 47.4. The maximum Gasteiger partial charge on any atom is 0.306 e. The Morgan fingerprint density at radius 3 is 0.800 bits per heavy atom. The quantitative estimate of drug-likeness (QED) is 0.0344. The Hall–Kier alpha value is -1.59. The maximum atomic E-state index is 12.8. The lowest BCUT2D eigenvalue weighted by atomic mass is 9.99. The molecule has 0 aromatic rings. The fourth-order valence-electron chi connectivity index (χ4n) is 9.07. The van der Waals surface area contributed by atoms with Gasteiger partial charge in [-0.25, -0.2) is 0 Å². The van der Waals surface area contributed by atoms with Crippen LogP contribution in [0.5, 0.6) is 0 Å². The van der Waals surface area contributed by atoms with Crippen LogP contribution in [0.2, 0.25) is 0 Å². The lowest BCUT2D eigenvalue weighted by Crippen LogP contribution is -2.30. The van der Waals surface area contributed by atoms with Crippen LogP contribution in [-0.2, 0) is 28.6 Å². The Bertz CT molecular complexity index is 982. The number of unbranched alkanes of at least 4 members (excludes halogenated alkanes) is 40. The van der Waals surface area contributed by atoms with Crippen molar-refractivity contribution in [3.63, 3.8) is 0 Å². The van der Waals surface area contributed by atoms with Crippen molar-refractivity contribution in [2.24, 2.45) is 5.92 Å². The number of ether oxygens (including phenoxy) is 3. The van der Waals surface area contributed by atoms with Gasteiger partial charge < -0.3 is 14.2 Å². The van der Waals surface area contributed by atoms with Crippen LogP contribution in [0.15, 0.2) is 0 Å². The van der Waals surface area contributed by atoms with Gasteiger partial charge in [0.2, 0.25) is 0 Å². The highest BCUT2D eigenvalue weighted by molar-refractivity contribution is 5.71. The molecule has 0 N–H and O–H groups in total. The molecule has 0 rings (SSSR count). The largest absolute Gasteiger partial charge is 0.462 e. The van der Waals surface area contributed by atoms with Crippen molar-refractivity contribution in [3.05, 3.63) is 0 Å². The van der Waals surface area contributed by atoms with Crippen LogP contribution in [0.3, 0.4) is 0 Å². The maximum absolute atomic E-state index is 12.8. The van der Waals surface area contributed by atoms with E-state index in [1.807, 2.05) is 0 Å². The minimum absolute atomic E-state index is 0.0619. The molecule has 0 spiro atoms. The third kappa shape index (κ3) is 51.6. The predicted molar refractivity (Wildman–Crippen MR) is 280 cm³/mol. The molecule has 0 saturated heterocycles. The van der Waals surface area contributed by atoms with Gasteiger partial charge in [-0.2, -0.15) is 0 Å². The average Bonchev–Trinajstić information content (AvgIpc) is 3.30. The molecular formula is C59H114O6. The molecule has 0 amide bonds. The Morgan fingerprint density at radius 1 is 0.308 bits per heavy atom. The van der Waals surface area contributed by atoms with Crippen molar-refractivity contribution in [1.29, 1.82) is 0 Å². The van der Waals surface area contributed by atoms with E-state index in [1.54, 1.807) is 0 Å². The van der Waals surface area contributed by atoms with Crippen molar-refractivity contribution in [2.45, 2.75) is 342 Å². The molecule has 0 aromatic carbocycles. The Balaban J connectivity index is 4.18. The number of carbonyl (C=O) groups excluding carboxylic acids is 3. The van der Waals surface area contributed by atoms with Crippen molar-refractivity contribution >= 4 is 17.9 Å². The highest BCUT2D eigenvalue weighted by Gasteiger charge is 2.19. The van der Waals surface area contributed by atoms with Crippen molar-refractivity contribution in [1.82, 2.24) is 0 Å². The molecule has 2 atom stereocenters. The zero-order valence-electron chi connectivity index (χ0n) is 44.5. The second-order valence-corrected chi connectivity index (χ2v) is 20.5. The smallest absolute Gasteiger partial charge is 0.306 e. The summed E-state index contributed by atoms with van der Waals surface area (Å²) >= 11 is 0. The highest BCUT2D eigenvalue weighted by atomic mass is 16.6. The first-order chi connectivity index (χ1) is 31.9. The van der Waals surface area contributed by atoms with Gasteiger partial charge in [0.05, 0.1) is 0 Å². The van der Waals surface area contributed by atoms with Gasteiger partial charge in [-0.3, -0.25) is 14.4 Å². The molecule has 6 heteroatoms. The number of esters is 3. The van der Waals surface area contributed by atoms with Gasteiger partial charge >= 0.3 is 17.9 Å². The number of carbonyl (C=O) groups is 3. The van der Waals surface area contributed by atoms with Crippen LogP contribution in [0.4, 0.5) is 0 Å². The summed E-state index contributed by atoms with van der Waals surface area (Å²) in [4.78, 5) is 38.0. The summed E-state index contributed by atoms with van der Waals surface area (Å²) < 4.78 is 16.9. The summed E-state index contributed by atoms with van der Waals surface area (Å²) in [6, 6.07) is 0. The lowest BCUT2D eigenvalue weighted by Gasteiger charge is -2.18. The average molecular weight is 920 g/mol. The summed E-state index contributed by atoms with van der Waals surface area (Å²) in [5.41, 5.74) is 0. The van der Waals surface area contributed by atoms with E-state index >= 15 is 0 Å². The van der Waals surface area contributed by atoms with Crippen LogP contribution in [-0.4, -0.2) is 37.2 Å². The van der Waals surface area contributed by atoms with E-state index in [1.165, 1.54) is 231 Å². The topological polar surface area (TPSA) is 78.9 Å². The van der Waals surface area contributed by atoms with Crippen LogP contribution >= 0.6 is 0 Å².